The zero-order valence-corrected chi connectivity index (χ0v) is 20.3. The zero-order valence-electron chi connectivity index (χ0n) is 19.5. The summed E-state index contributed by atoms with van der Waals surface area (Å²) in [7, 11) is 0. The van der Waals surface area contributed by atoms with E-state index in [1.54, 1.807) is 28.9 Å². The normalized spacial score (nSPS) is 18.6. The maximum absolute atomic E-state index is 13.3. The van der Waals surface area contributed by atoms with Gasteiger partial charge in [-0.2, -0.15) is 5.10 Å². The van der Waals surface area contributed by atoms with Gasteiger partial charge in [0.05, 0.1) is 33.7 Å². The van der Waals surface area contributed by atoms with E-state index in [-0.39, 0.29) is 23.5 Å². The predicted octanol–water partition coefficient (Wildman–Crippen LogP) is 6.31. The Balaban J connectivity index is 1.60. The van der Waals surface area contributed by atoms with Gasteiger partial charge in [-0.1, -0.05) is 41.9 Å². The molecule has 0 radical (unpaired) electrons. The number of aliphatic imine (C=N–C) groups is 1. The van der Waals surface area contributed by atoms with Crippen molar-refractivity contribution in [2.24, 2.45) is 16.5 Å². The summed E-state index contributed by atoms with van der Waals surface area (Å²) in [6, 6.07) is 16.0. The Morgan fingerprint density at radius 2 is 1.83 bits per heavy atom. The average Bonchev–Trinajstić information content (AvgIpc) is 3.32. The minimum Gasteiger partial charge on any atom is -0.383 e. The molecule has 0 spiro atoms. The number of anilines is 1. The number of amidine groups is 1. The first kappa shape index (κ1) is 24.2. The first-order valence-electron chi connectivity index (χ1n) is 11.9. The first-order valence-corrected chi connectivity index (χ1v) is 12.3. The number of fused-ring (bicyclic) bond motifs is 1. The molecule has 0 unspecified atom stereocenters. The number of rotatable bonds is 6. The van der Waals surface area contributed by atoms with Crippen LogP contribution in [0.3, 0.4) is 0 Å². The number of nitrogens with one attached hydrogen (secondary N) is 1. The number of hydrogen-bond donors (Lipinski definition) is 3. The van der Waals surface area contributed by atoms with Crippen LogP contribution in [0.15, 0.2) is 72.0 Å². The Bertz CT molecular complexity index is 1410. The Morgan fingerprint density at radius 3 is 2.58 bits per heavy atom. The smallest absolute Gasteiger partial charge is 0.263 e. The van der Waals surface area contributed by atoms with Gasteiger partial charge in [0.1, 0.15) is 5.84 Å². The van der Waals surface area contributed by atoms with Crippen molar-refractivity contribution in [1.82, 2.24) is 9.61 Å². The third-order valence-electron chi connectivity index (χ3n) is 6.60. The Kier molecular flexibility index (Phi) is 6.89. The molecule has 0 aliphatic heterocycles. The second-order valence-electron chi connectivity index (χ2n) is 9.12. The fourth-order valence-corrected chi connectivity index (χ4v) is 4.79. The number of benzene rings is 2. The zero-order chi connectivity index (χ0) is 25.2. The molecule has 0 bridgehead atoms. The van der Waals surface area contributed by atoms with E-state index in [0.717, 1.165) is 42.5 Å². The second kappa shape index (κ2) is 10.2. The Hall–Kier alpha value is -3.49. The number of nitrogens with zero attached hydrogens (tertiary/aromatic N) is 3. The van der Waals surface area contributed by atoms with E-state index in [2.05, 4.69) is 15.4 Å². The van der Waals surface area contributed by atoms with Gasteiger partial charge in [0, 0.05) is 29.4 Å². The molecule has 0 amide bonds. The van der Waals surface area contributed by atoms with Gasteiger partial charge in [-0.15, -0.1) is 0 Å². The number of halogens is 3. The summed E-state index contributed by atoms with van der Waals surface area (Å²) in [5, 5.41) is 8.70. The minimum absolute atomic E-state index is 0.0237. The molecule has 186 valence electrons. The van der Waals surface area contributed by atoms with Gasteiger partial charge in [0.15, 0.2) is 0 Å². The lowest BCUT2D eigenvalue weighted by Crippen LogP contribution is -2.33. The molecule has 1 aliphatic rings. The SMILES string of the molecule is NC(=Nc1ccccc1Cl)c1cnn2cc(-c3cccc(C(F)F)c3)cc2c1NC1CCC(N)CC1. The number of para-hydroxylation sites is 1. The topological polar surface area (TPSA) is 93.7 Å². The highest BCUT2D eigenvalue weighted by molar-refractivity contribution is 6.33. The van der Waals surface area contributed by atoms with Crippen LogP contribution in [0.1, 0.15) is 43.2 Å². The molecule has 4 aromatic rings. The minimum atomic E-state index is -2.54. The molecule has 6 nitrogen and oxygen atoms in total. The lowest BCUT2D eigenvalue weighted by molar-refractivity contribution is 0.151. The highest BCUT2D eigenvalue weighted by Crippen LogP contribution is 2.33. The Morgan fingerprint density at radius 1 is 1.06 bits per heavy atom. The van der Waals surface area contributed by atoms with Crippen molar-refractivity contribution in [2.75, 3.05) is 5.32 Å². The van der Waals surface area contributed by atoms with Gasteiger partial charge in [-0.3, -0.25) is 0 Å². The van der Waals surface area contributed by atoms with Gasteiger partial charge >= 0.3 is 0 Å². The lowest BCUT2D eigenvalue weighted by atomic mass is 9.91. The van der Waals surface area contributed by atoms with Crippen LogP contribution < -0.4 is 16.8 Å². The van der Waals surface area contributed by atoms with E-state index in [1.165, 1.54) is 12.1 Å². The second-order valence-corrected chi connectivity index (χ2v) is 9.53. The predicted molar refractivity (Wildman–Crippen MR) is 141 cm³/mol. The number of nitrogens with two attached hydrogens (primary N) is 2. The summed E-state index contributed by atoms with van der Waals surface area (Å²) >= 11 is 6.30. The van der Waals surface area contributed by atoms with Crippen LogP contribution in [0, 0.1) is 0 Å². The molecule has 0 saturated heterocycles. The van der Waals surface area contributed by atoms with Gasteiger partial charge < -0.3 is 16.8 Å². The fraction of sp³-hybridized carbons (Fsp3) is 0.259. The summed E-state index contributed by atoms with van der Waals surface area (Å²) < 4.78 is 28.3. The maximum Gasteiger partial charge on any atom is 0.263 e. The summed E-state index contributed by atoms with van der Waals surface area (Å²) in [4.78, 5) is 4.57. The molecule has 5 N–H and O–H groups in total. The van der Waals surface area contributed by atoms with Crippen molar-refractivity contribution in [2.45, 2.75) is 44.2 Å². The van der Waals surface area contributed by atoms with Crippen molar-refractivity contribution < 1.29 is 8.78 Å². The van der Waals surface area contributed by atoms with E-state index < -0.39 is 6.43 Å². The molecule has 5 rings (SSSR count). The third-order valence-corrected chi connectivity index (χ3v) is 6.92. The van der Waals surface area contributed by atoms with E-state index in [1.807, 2.05) is 30.5 Å². The highest BCUT2D eigenvalue weighted by Gasteiger charge is 2.22. The molecule has 1 aliphatic carbocycles. The quantitative estimate of drug-likeness (QED) is 0.210. The van der Waals surface area contributed by atoms with Crippen molar-refractivity contribution in [3.8, 4) is 11.1 Å². The summed E-state index contributed by atoms with van der Waals surface area (Å²) in [6.07, 6.45) is 4.68. The van der Waals surface area contributed by atoms with E-state index in [0.29, 0.717) is 21.8 Å². The van der Waals surface area contributed by atoms with Crippen molar-refractivity contribution in [3.05, 3.63) is 83.1 Å². The maximum atomic E-state index is 13.3. The van der Waals surface area contributed by atoms with Gasteiger partial charge in [-0.25, -0.2) is 18.3 Å². The fourth-order valence-electron chi connectivity index (χ4n) is 4.61. The lowest BCUT2D eigenvalue weighted by Gasteiger charge is -2.28. The van der Waals surface area contributed by atoms with Crippen LogP contribution in [-0.4, -0.2) is 27.5 Å². The summed E-state index contributed by atoms with van der Waals surface area (Å²) in [5.41, 5.74) is 16.8. The standard InChI is InChI=1S/C27H27ClF2N6/c28-22-6-1-2-7-23(22)35-27(32)21-14-33-36-15-18(16-4-3-5-17(12-16)26(29)30)13-24(36)25(21)34-20-10-8-19(31)9-11-20/h1-7,12-15,19-20,26,34H,8-11,31H2,(H2,32,35). The molecule has 2 heterocycles. The van der Waals surface area contributed by atoms with Gasteiger partial charge in [0.2, 0.25) is 0 Å². The third kappa shape index (κ3) is 5.05. The number of hydrogen-bond acceptors (Lipinski definition) is 4. The van der Waals surface area contributed by atoms with Crippen LogP contribution in [-0.2, 0) is 0 Å². The highest BCUT2D eigenvalue weighted by atomic mass is 35.5. The molecule has 2 aromatic heterocycles. The van der Waals surface area contributed by atoms with Gasteiger partial charge in [0.25, 0.3) is 6.43 Å². The Labute approximate surface area is 213 Å². The molecule has 0 atom stereocenters. The van der Waals surface area contributed by atoms with Crippen LogP contribution in [0.5, 0.6) is 0 Å². The number of aromatic nitrogens is 2. The molecular formula is C27H27ClF2N6. The molecule has 36 heavy (non-hydrogen) atoms. The summed E-state index contributed by atoms with van der Waals surface area (Å²) in [6.45, 7) is 0. The van der Waals surface area contributed by atoms with Crippen LogP contribution in [0.4, 0.5) is 20.2 Å². The van der Waals surface area contributed by atoms with Crippen LogP contribution in [0.2, 0.25) is 5.02 Å². The van der Waals surface area contributed by atoms with Crippen molar-refractivity contribution >= 4 is 34.3 Å². The van der Waals surface area contributed by atoms with Gasteiger partial charge in [-0.05, 0) is 55.5 Å². The van der Waals surface area contributed by atoms with E-state index in [9.17, 15) is 8.78 Å². The molecule has 2 aromatic carbocycles. The molecule has 1 fully saturated rings. The monoisotopic (exact) mass is 508 g/mol. The average molecular weight is 509 g/mol. The van der Waals surface area contributed by atoms with Crippen molar-refractivity contribution in [3.63, 3.8) is 0 Å². The number of alkyl halides is 2. The largest absolute Gasteiger partial charge is 0.383 e. The first-order chi connectivity index (χ1) is 17.4. The van der Waals surface area contributed by atoms with Crippen LogP contribution in [0.25, 0.3) is 16.6 Å². The molecule has 9 heteroatoms. The summed E-state index contributed by atoms with van der Waals surface area (Å²) in [5.74, 6) is 0.274. The molecular weight excluding hydrogens is 482 g/mol. The molecule has 1 saturated carbocycles. The van der Waals surface area contributed by atoms with E-state index >= 15 is 0 Å². The van der Waals surface area contributed by atoms with Crippen LogP contribution >= 0.6 is 11.6 Å². The van der Waals surface area contributed by atoms with E-state index in [4.69, 9.17) is 23.1 Å². The van der Waals surface area contributed by atoms with Crippen molar-refractivity contribution in [1.29, 1.82) is 0 Å².